The molecule has 0 bridgehead atoms. The van der Waals surface area contributed by atoms with Gasteiger partial charge in [0.2, 0.25) is 15.9 Å². The monoisotopic (exact) mass is 565 g/mol. The molecule has 2 N–H and O–H groups in total. The smallest absolute Gasteiger partial charge is 0.312 e. The first-order chi connectivity index (χ1) is 19.2. The van der Waals surface area contributed by atoms with Gasteiger partial charge in [0.15, 0.2) is 0 Å². The number of esters is 1. The zero-order valence-electron chi connectivity index (χ0n) is 23.0. The number of piperidine rings is 1. The van der Waals surface area contributed by atoms with Crippen LogP contribution in [0, 0.1) is 12.8 Å². The number of nitrogens with one attached hydrogen (secondary N) is 2. The third-order valence-electron chi connectivity index (χ3n) is 7.14. The molecule has 1 aliphatic rings. The van der Waals surface area contributed by atoms with Crippen LogP contribution in [0.5, 0.6) is 0 Å². The van der Waals surface area contributed by atoms with Crippen molar-refractivity contribution in [3.05, 3.63) is 71.8 Å². The maximum Gasteiger partial charge on any atom is 0.312 e. The molecule has 10 heteroatoms. The van der Waals surface area contributed by atoms with Gasteiger partial charge in [-0.15, -0.1) is 0 Å². The predicted molar refractivity (Wildman–Crippen MR) is 153 cm³/mol. The Labute approximate surface area is 234 Å². The quantitative estimate of drug-likeness (QED) is 0.374. The van der Waals surface area contributed by atoms with E-state index in [1.807, 2.05) is 26.0 Å². The molecule has 0 spiro atoms. The average Bonchev–Trinajstić information content (AvgIpc) is 2.93. The van der Waals surface area contributed by atoms with Gasteiger partial charge in [-0.2, -0.15) is 0 Å². The number of fused-ring (bicyclic) bond motifs is 1. The van der Waals surface area contributed by atoms with Crippen molar-refractivity contribution in [1.29, 1.82) is 0 Å². The molecule has 4 rings (SSSR count). The fourth-order valence-corrected chi connectivity index (χ4v) is 6.60. The van der Waals surface area contributed by atoms with E-state index < -0.39 is 28.0 Å². The van der Waals surface area contributed by atoms with Crippen LogP contribution in [-0.4, -0.2) is 56.8 Å². The van der Waals surface area contributed by atoms with Crippen LogP contribution < -0.4 is 10.0 Å². The third-order valence-corrected chi connectivity index (χ3v) is 8.68. The summed E-state index contributed by atoms with van der Waals surface area (Å²) in [5.41, 5.74) is 1.83. The Balaban J connectivity index is 1.62. The number of ether oxygens (including phenoxy) is 1. The Kier molecular flexibility index (Phi) is 9.21. The Morgan fingerprint density at radius 2 is 1.68 bits per heavy atom. The summed E-state index contributed by atoms with van der Waals surface area (Å²) in [6.07, 6.45) is 1.33. The number of nitrogens with zero attached hydrogens (tertiary/aromatic N) is 1. The molecule has 0 aromatic heterocycles. The van der Waals surface area contributed by atoms with Gasteiger partial charge < -0.3 is 15.0 Å². The van der Waals surface area contributed by atoms with Crippen molar-refractivity contribution in [1.82, 2.24) is 9.62 Å². The second-order valence-corrected chi connectivity index (χ2v) is 11.6. The maximum absolute atomic E-state index is 13.7. The van der Waals surface area contributed by atoms with Crippen molar-refractivity contribution in [2.75, 3.05) is 25.0 Å². The van der Waals surface area contributed by atoms with Gasteiger partial charge in [-0.25, -0.2) is 13.1 Å². The lowest BCUT2D eigenvalue weighted by atomic mass is 9.92. The van der Waals surface area contributed by atoms with E-state index in [0.717, 1.165) is 5.56 Å². The molecule has 0 aliphatic carbocycles. The van der Waals surface area contributed by atoms with Gasteiger partial charge in [0, 0.05) is 47.6 Å². The van der Waals surface area contributed by atoms with Crippen LogP contribution in [0.3, 0.4) is 0 Å². The van der Waals surface area contributed by atoms with Crippen molar-refractivity contribution in [2.45, 2.75) is 51.0 Å². The van der Waals surface area contributed by atoms with Crippen LogP contribution in [0.25, 0.3) is 10.8 Å². The Hall–Kier alpha value is -3.76. The van der Waals surface area contributed by atoms with Crippen LogP contribution in [0.1, 0.15) is 49.0 Å². The molecule has 0 saturated carbocycles. The topological polar surface area (TPSA) is 122 Å². The number of carbonyl (C=O) groups is 3. The molecule has 40 heavy (non-hydrogen) atoms. The first-order valence-corrected chi connectivity index (χ1v) is 15.0. The first kappa shape index (κ1) is 29.2. The Morgan fingerprint density at radius 3 is 2.38 bits per heavy atom. The number of likely N-dealkylation sites (tertiary alicyclic amines) is 1. The molecule has 1 saturated heterocycles. The van der Waals surface area contributed by atoms with Crippen molar-refractivity contribution in [2.24, 2.45) is 5.92 Å². The maximum atomic E-state index is 13.7. The summed E-state index contributed by atoms with van der Waals surface area (Å²) in [6, 6.07) is 16.4. The zero-order chi connectivity index (χ0) is 28.9. The van der Waals surface area contributed by atoms with Gasteiger partial charge in [-0.05, 0) is 50.5 Å². The van der Waals surface area contributed by atoms with E-state index in [1.54, 1.807) is 54.3 Å². The molecule has 2 atom stereocenters. The molecule has 3 aromatic carbocycles. The molecule has 2 unspecified atom stereocenters. The van der Waals surface area contributed by atoms with E-state index in [1.165, 1.54) is 6.07 Å². The van der Waals surface area contributed by atoms with Crippen LogP contribution >= 0.6 is 0 Å². The summed E-state index contributed by atoms with van der Waals surface area (Å²) in [4.78, 5) is 39.9. The second kappa shape index (κ2) is 12.6. The van der Waals surface area contributed by atoms with Crippen LogP contribution in [-0.2, 0) is 24.3 Å². The molecular weight excluding hydrogens is 530 g/mol. The SMILES string of the molecule is CCCC(=O)N1CCC(NS(=O)(=O)c2ccc(NC(=O)c3ccccc3C)c3ccccc23)C(C(=O)OCC)C1. The number of amides is 2. The summed E-state index contributed by atoms with van der Waals surface area (Å²) in [6.45, 7) is 6.03. The van der Waals surface area contributed by atoms with Gasteiger partial charge in [0.25, 0.3) is 5.91 Å². The number of carbonyl (C=O) groups excluding carboxylic acids is 3. The zero-order valence-corrected chi connectivity index (χ0v) is 23.8. The third kappa shape index (κ3) is 6.34. The summed E-state index contributed by atoms with van der Waals surface area (Å²) in [5, 5.41) is 3.91. The molecule has 2 amide bonds. The van der Waals surface area contributed by atoms with Crippen LogP contribution in [0.15, 0.2) is 65.6 Å². The molecule has 3 aromatic rings. The Morgan fingerprint density at radius 1 is 0.975 bits per heavy atom. The van der Waals surface area contributed by atoms with E-state index in [0.29, 0.717) is 41.4 Å². The fourth-order valence-electron chi connectivity index (χ4n) is 5.07. The minimum atomic E-state index is -4.09. The highest BCUT2D eigenvalue weighted by molar-refractivity contribution is 7.89. The lowest BCUT2D eigenvalue weighted by Crippen LogP contribution is -2.55. The predicted octanol–water partition coefficient (Wildman–Crippen LogP) is 4.26. The van der Waals surface area contributed by atoms with Gasteiger partial charge in [0.05, 0.1) is 17.4 Å². The van der Waals surface area contributed by atoms with Crippen molar-refractivity contribution in [3.63, 3.8) is 0 Å². The largest absolute Gasteiger partial charge is 0.466 e. The van der Waals surface area contributed by atoms with Gasteiger partial charge >= 0.3 is 5.97 Å². The first-order valence-electron chi connectivity index (χ1n) is 13.5. The van der Waals surface area contributed by atoms with E-state index >= 15 is 0 Å². The highest BCUT2D eigenvalue weighted by atomic mass is 32.2. The Bertz CT molecular complexity index is 1520. The lowest BCUT2D eigenvalue weighted by molar-refractivity contribution is -0.152. The summed E-state index contributed by atoms with van der Waals surface area (Å²) in [7, 11) is -4.09. The standard InChI is InChI=1S/C30H35N3O6S/c1-4-10-28(34)33-18-17-26(24(19-33)30(36)39-5-2)32-40(37,38)27-16-15-25(22-13-8-9-14-23(22)27)31-29(35)21-12-7-6-11-20(21)3/h6-9,11-16,24,26,32H,4-5,10,17-19H2,1-3H3,(H,31,35). The van der Waals surface area contributed by atoms with Crippen molar-refractivity contribution < 1.29 is 27.5 Å². The minimum absolute atomic E-state index is 0.0316. The highest BCUT2D eigenvalue weighted by Crippen LogP contribution is 2.31. The number of benzene rings is 3. The summed E-state index contributed by atoms with van der Waals surface area (Å²) in [5.74, 6) is -1.72. The normalized spacial score (nSPS) is 17.4. The summed E-state index contributed by atoms with van der Waals surface area (Å²) < 4.78 is 35.4. The van der Waals surface area contributed by atoms with E-state index in [9.17, 15) is 22.8 Å². The van der Waals surface area contributed by atoms with Gasteiger partial charge in [0.1, 0.15) is 0 Å². The van der Waals surface area contributed by atoms with E-state index in [4.69, 9.17) is 4.74 Å². The molecule has 1 heterocycles. The lowest BCUT2D eigenvalue weighted by Gasteiger charge is -2.37. The van der Waals surface area contributed by atoms with Gasteiger partial charge in [-0.1, -0.05) is 49.4 Å². The molecule has 212 valence electrons. The van der Waals surface area contributed by atoms with E-state index in [-0.39, 0.29) is 36.3 Å². The van der Waals surface area contributed by atoms with Crippen molar-refractivity contribution in [3.8, 4) is 0 Å². The number of hydrogen-bond donors (Lipinski definition) is 2. The summed E-state index contributed by atoms with van der Waals surface area (Å²) >= 11 is 0. The van der Waals surface area contributed by atoms with Crippen LogP contribution in [0.4, 0.5) is 5.69 Å². The fraction of sp³-hybridized carbons (Fsp3) is 0.367. The molecule has 1 fully saturated rings. The number of hydrogen-bond acceptors (Lipinski definition) is 6. The van der Waals surface area contributed by atoms with Crippen molar-refractivity contribution >= 4 is 44.3 Å². The highest BCUT2D eigenvalue weighted by Gasteiger charge is 2.39. The second-order valence-electron chi connectivity index (χ2n) is 9.89. The van der Waals surface area contributed by atoms with Crippen LogP contribution in [0.2, 0.25) is 0 Å². The number of aryl methyl sites for hydroxylation is 1. The number of anilines is 1. The molecule has 1 aliphatic heterocycles. The van der Waals surface area contributed by atoms with E-state index in [2.05, 4.69) is 10.0 Å². The molecule has 9 nitrogen and oxygen atoms in total. The molecular formula is C30H35N3O6S. The van der Waals surface area contributed by atoms with Gasteiger partial charge in [-0.3, -0.25) is 14.4 Å². The number of rotatable bonds is 9. The minimum Gasteiger partial charge on any atom is -0.466 e. The molecule has 0 radical (unpaired) electrons. The number of sulfonamides is 1. The average molecular weight is 566 g/mol.